The highest BCUT2D eigenvalue weighted by Gasteiger charge is 2.14. The third kappa shape index (κ3) is 3.04. The van der Waals surface area contributed by atoms with E-state index >= 15 is 0 Å². The molecule has 0 spiro atoms. The van der Waals surface area contributed by atoms with E-state index in [1.54, 1.807) is 0 Å². The Kier molecular flexibility index (Phi) is 3.82. The van der Waals surface area contributed by atoms with E-state index in [2.05, 4.69) is 0 Å². The average Bonchev–Trinajstić information content (AvgIpc) is 3.07. The van der Waals surface area contributed by atoms with Crippen LogP contribution in [0.5, 0.6) is 5.75 Å². The number of hydrogen-bond donors (Lipinski definition) is 0. The van der Waals surface area contributed by atoms with Gasteiger partial charge in [-0.1, -0.05) is 60.7 Å². The van der Waals surface area contributed by atoms with Crippen molar-refractivity contribution in [2.45, 2.75) is 6.92 Å². The minimum Gasteiger partial charge on any atom is -0.456 e. The van der Waals surface area contributed by atoms with Crippen LogP contribution in [-0.2, 0) is 4.79 Å². The molecule has 0 fully saturated rings. The van der Waals surface area contributed by atoms with Crippen molar-refractivity contribution in [3.63, 3.8) is 0 Å². The van der Waals surface area contributed by atoms with Crippen LogP contribution in [0, 0.1) is 0 Å². The highest BCUT2D eigenvalue weighted by atomic mass is 16.5. The van der Waals surface area contributed by atoms with E-state index in [1.165, 1.54) is 6.92 Å². The molecule has 0 aliphatic carbocycles. The van der Waals surface area contributed by atoms with Crippen LogP contribution in [0.15, 0.2) is 83.3 Å². The van der Waals surface area contributed by atoms with Crippen LogP contribution in [0.1, 0.15) is 6.92 Å². The van der Waals surface area contributed by atoms with Gasteiger partial charge < -0.3 is 9.15 Å². The maximum atomic E-state index is 11.5. The molecule has 4 aromatic rings. The van der Waals surface area contributed by atoms with Crippen LogP contribution in [-0.4, -0.2) is 5.97 Å². The molecule has 3 aromatic carbocycles. The Morgan fingerprint density at radius 2 is 1.44 bits per heavy atom. The van der Waals surface area contributed by atoms with Gasteiger partial charge in [-0.2, -0.15) is 0 Å². The molecule has 3 nitrogen and oxygen atoms in total. The summed E-state index contributed by atoms with van der Waals surface area (Å²) < 4.78 is 11.5. The van der Waals surface area contributed by atoms with E-state index in [9.17, 15) is 4.79 Å². The van der Waals surface area contributed by atoms with Crippen molar-refractivity contribution in [1.29, 1.82) is 0 Å². The second-order valence-electron chi connectivity index (χ2n) is 5.82. The number of carbonyl (C=O) groups excluding carboxylic acids is 1. The predicted octanol–water partition coefficient (Wildman–Crippen LogP) is 5.69. The molecule has 3 heteroatoms. The third-order valence-corrected chi connectivity index (χ3v) is 4.02. The molecule has 1 aromatic heterocycles. The number of furan rings is 1. The van der Waals surface area contributed by atoms with Crippen LogP contribution in [0.3, 0.4) is 0 Å². The number of esters is 1. The summed E-state index contributed by atoms with van der Waals surface area (Å²) in [6.45, 7) is 1.40. The number of carbonyl (C=O) groups is 1. The summed E-state index contributed by atoms with van der Waals surface area (Å²) in [6, 6.07) is 25.6. The number of ether oxygens (including phenoxy) is 1. The zero-order valence-electron chi connectivity index (χ0n) is 13.7. The van der Waals surface area contributed by atoms with E-state index in [-0.39, 0.29) is 5.97 Å². The molecule has 0 radical (unpaired) electrons. The maximum Gasteiger partial charge on any atom is 0.308 e. The van der Waals surface area contributed by atoms with E-state index in [4.69, 9.17) is 9.15 Å². The first-order valence-electron chi connectivity index (χ1n) is 8.07. The molecule has 0 aliphatic heterocycles. The minimum atomic E-state index is -0.353. The summed E-state index contributed by atoms with van der Waals surface area (Å²) in [5.41, 5.74) is 3.65. The SMILES string of the molecule is CC(=O)Oc1cc(-c2ccccc2)cc2oc(-c3ccccc3)cc12. The van der Waals surface area contributed by atoms with Crippen molar-refractivity contribution in [3.8, 4) is 28.2 Å². The molecule has 1 heterocycles. The molecule has 0 amide bonds. The Balaban J connectivity index is 1.91. The van der Waals surface area contributed by atoms with E-state index in [1.807, 2.05) is 78.9 Å². The first kappa shape index (κ1) is 15.2. The van der Waals surface area contributed by atoms with Gasteiger partial charge in [0.05, 0.1) is 5.39 Å². The Hall–Kier alpha value is -3.33. The molecular weight excluding hydrogens is 312 g/mol. The van der Waals surface area contributed by atoms with E-state index in [0.717, 1.165) is 27.8 Å². The van der Waals surface area contributed by atoms with Gasteiger partial charge in [0.15, 0.2) is 0 Å². The summed E-state index contributed by atoms with van der Waals surface area (Å²) in [5, 5.41) is 0.786. The van der Waals surface area contributed by atoms with Gasteiger partial charge in [0.1, 0.15) is 17.1 Å². The van der Waals surface area contributed by atoms with Gasteiger partial charge >= 0.3 is 5.97 Å². The zero-order chi connectivity index (χ0) is 17.2. The molecule has 0 unspecified atom stereocenters. The summed E-state index contributed by atoms with van der Waals surface area (Å²) in [6.07, 6.45) is 0. The fourth-order valence-electron chi connectivity index (χ4n) is 2.89. The Bertz CT molecular complexity index is 1030. The van der Waals surface area contributed by atoms with Gasteiger partial charge in [0.25, 0.3) is 0 Å². The van der Waals surface area contributed by atoms with Crippen molar-refractivity contribution in [2.24, 2.45) is 0 Å². The molecular formula is C22H16O3. The summed E-state index contributed by atoms with van der Waals surface area (Å²) >= 11 is 0. The predicted molar refractivity (Wildman–Crippen MR) is 98.4 cm³/mol. The molecule has 0 bridgehead atoms. The summed E-state index contributed by atoms with van der Waals surface area (Å²) in [5.74, 6) is 0.901. The molecule has 0 saturated carbocycles. The second kappa shape index (κ2) is 6.29. The number of benzene rings is 3. The number of rotatable bonds is 3. The van der Waals surface area contributed by atoms with E-state index in [0.29, 0.717) is 11.3 Å². The lowest BCUT2D eigenvalue weighted by atomic mass is 10.0. The Labute approximate surface area is 145 Å². The van der Waals surface area contributed by atoms with Gasteiger partial charge in [-0.05, 0) is 29.3 Å². The normalized spacial score (nSPS) is 10.8. The topological polar surface area (TPSA) is 39.4 Å². The molecule has 0 saturated heterocycles. The number of hydrogen-bond acceptors (Lipinski definition) is 3. The van der Waals surface area contributed by atoms with Gasteiger partial charge in [-0.25, -0.2) is 0 Å². The van der Waals surface area contributed by atoms with Gasteiger partial charge in [-0.15, -0.1) is 0 Å². The molecule has 4 rings (SSSR count). The molecule has 122 valence electrons. The smallest absolute Gasteiger partial charge is 0.308 e. The van der Waals surface area contributed by atoms with E-state index < -0.39 is 0 Å². The van der Waals surface area contributed by atoms with Crippen molar-refractivity contribution >= 4 is 16.9 Å². The number of fused-ring (bicyclic) bond motifs is 1. The zero-order valence-corrected chi connectivity index (χ0v) is 13.7. The second-order valence-corrected chi connectivity index (χ2v) is 5.82. The Morgan fingerprint density at radius 1 is 0.800 bits per heavy atom. The average molecular weight is 328 g/mol. The highest BCUT2D eigenvalue weighted by Crippen LogP contribution is 2.37. The quantitative estimate of drug-likeness (QED) is 0.358. The van der Waals surface area contributed by atoms with Crippen LogP contribution >= 0.6 is 0 Å². The van der Waals surface area contributed by atoms with Crippen molar-refractivity contribution < 1.29 is 13.9 Å². The van der Waals surface area contributed by atoms with Crippen LogP contribution < -0.4 is 4.74 Å². The van der Waals surface area contributed by atoms with Crippen LogP contribution in [0.4, 0.5) is 0 Å². The van der Waals surface area contributed by atoms with Gasteiger partial charge in [-0.3, -0.25) is 4.79 Å². The summed E-state index contributed by atoms with van der Waals surface area (Å²) in [7, 11) is 0. The first-order valence-corrected chi connectivity index (χ1v) is 8.07. The molecule has 0 aliphatic rings. The molecule has 0 atom stereocenters. The maximum absolute atomic E-state index is 11.5. The lowest BCUT2D eigenvalue weighted by Gasteiger charge is -2.06. The lowest BCUT2D eigenvalue weighted by Crippen LogP contribution is -2.01. The van der Waals surface area contributed by atoms with Gasteiger partial charge in [0, 0.05) is 12.5 Å². The Morgan fingerprint density at radius 3 is 2.08 bits per heavy atom. The minimum absolute atomic E-state index is 0.353. The fraction of sp³-hybridized carbons (Fsp3) is 0.0455. The molecule has 25 heavy (non-hydrogen) atoms. The van der Waals surface area contributed by atoms with Crippen LogP contribution in [0.25, 0.3) is 33.4 Å². The lowest BCUT2D eigenvalue weighted by molar-refractivity contribution is -0.131. The highest BCUT2D eigenvalue weighted by molar-refractivity contribution is 5.93. The van der Waals surface area contributed by atoms with Gasteiger partial charge in [0.2, 0.25) is 0 Å². The van der Waals surface area contributed by atoms with Crippen molar-refractivity contribution in [1.82, 2.24) is 0 Å². The fourth-order valence-corrected chi connectivity index (χ4v) is 2.89. The largest absolute Gasteiger partial charge is 0.456 e. The summed E-state index contributed by atoms with van der Waals surface area (Å²) in [4.78, 5) is 11.5. The van der Waals surface area contributed by atoms with Crippen LogP contribution in [0.2, 0.25) is 0 Å². The first-order chi connectivity index (χ1) is 12.2. The third-order valence-electron chi connectivity index (χ3n) is 4.02. The van der Waals surface area contributed by atoms with Crippen molar-refractivity contribution in [3.05, 3.63) is 78.9 Å². The van der Waals surface area contributed by atoms with Crippen molar-refractivity contribution in [2.75, 3.05) is 0 Å². The molecule has 0 N–H and O–H groups in total. The standard InChI is InChI=1S/C22H16O3/c1-15(23)24-21-12-18(16-8-4-2-5-9-16)13-22-19(21)14-20(25-22)17-10-6-3-7-11-17/h2-14H,1H3. The monoisotopic (exact) mass is 328 g/mol.